The predicted octanol–water partition coefficient (Wildman–Crippen LogP) is 1.43. The summed E-state index contributed by atoms with van der Waals surface area (Å²) in [5.74, 6) is 0.182. The Kier molecular flexibility index (Phi) is 2.24. The molecule has 1 atom stereocenters. The van der Waals surface area contributed by atoms with E-state index in [4.69, 9.17) is 5.73 Å². The van der Waals surface area contributed by atoms with Gasteiger partial charge in [0.15, 0.2) is 0 Å². The van der Waals surface area contributed by atoms with Gasteiger partial charge in [0.2, 0.25) is 0 Å². The molecule has 12 heavy (non-hydrogen) atoms. The molecule has 3 heteroatoms. The van der Waals surface area contributed by atoms with E-state index >= 15 is 0 Å². The summed E-state index contributed by atoms with van der Waals surface area (Å²) < 4.78 is 0. The van der Waals surface area contributed by atoms with Crippen molar-refractivity contribution in [2.75, 3.05) is 0 Å². The van der Waals surface area contributed by atoms with Crippen molar-refractivity contribution in [3.63, 3.8) is 0 Å². The summed E-state index contributed by atoms with van der Waals surface area (Å²) in [6, 6.07) is 2.94. The molecule has 0 aliphatic carbocycles. The molecule has 0 fully saturated rings. The lowest BCUT2D eigenvalue weighted by Gasteiger charge is -2.10. The number of hydrogen-bond donors (Lipinski definition) is 3. The summed E-state index contributed by atoms with van der Waals surface area (Å²) in [6.07, 6.45) is 0. The van der Waals surface area contributed by atoms with Gasteiger partial charge in [-0.25, -0.2) is 0 Å². The summed E-state index contributed by atoms with van der Waals surface area (Å²) in [4.78, 5) is 0. The zero-order chi connectivity index (χ0) is 9.30. The molecule has 3 nitrogen and oxygen atoms in total. The van der Waals surface area contributed by atoms with E-state index in [-0.39, 0.29) is 17.5 Å². The molecule has 0 heterocycles. The third-order valence-electron chi connectivity index (χ3n) is 1.92. The van der Waals surface area contributed by atoms with Crippen molar-refractivity contribution in [3.8, 4) is 11.5 Å². The normalized spacial score (nSPS) is 12.9. The second-order valence-electron chi connectivity index (χ2n) is 2.94. The van der Waals surface area contributed by atoms with E-state index in [9.17, 15) is 10.2 Å². The average molecular weight is 167 g/mol. The first-order valence-electron chi connectivity index (χ1n) is 3.81. The maximum Gasteiger partial charge on any atom is 0.126 e. The zero-order valence-electron chi connectivity index (χ0n) is 7.20. The first-order chi connectivity index (χ1) is 5.54. The van der Waals surface area contributed by atoms with Crippen molar-refractivity contribution in [1.82, 2.24) is 0 Å². The minimum atomic E-state index is -0.218. The summed E-state index contributed by atoms with van der Waals surface area (Å²) in [7, 11) is 0. The van der Waals surface area contributed by atoms with Gasteiger partial charge in [0, 0.05) is 17.2 Å². The zero-order valence-corrected chi connectivity index (χ0v) is 7.20. The van der Waals surface area contributed by atoms with Crippen LogP contribution in [0, 0.1) is 6.92 Å². The molecule has 0 aliphatic rings. The largest absolute Gasteiger partial charge is 0.508 e. The fraction of sp³-hybridized carbons (Fsp3) is 0.333. The van der Waals surface area contributed by atoms with Crippen LogP contribution in [-0.4, -0.2) is 10.2 Å². The summed E-state index contributed by atoms with van der Waals surface area (Å²) in [6.45, 7) is 3.43. The highest BCUT2D eigenvalue weighted by Crippen LogP contribution is 2.31. The lowest BCUT2D eigenvalue weighted by molar-refractivity contribution is 0.436. The molecule has 0 radical (unpaired) electrons. The number of rotatable bonds is 1. The van der Waals surface area contributed by atoms with Crippen LogP contribution in [0.5, 0.6) is 11.5 Å². The number of hydrogen-bond acceptors (Lipinski definition) is 3. The van der Waals surface area contributed by atoms with Crippen LogP contribution < -0.4 is 5.73 Å². The number of benzene rings is 1. The van der Waals surface area contributed by atoms with Gasteiger partial charge in [-0.2, -0.15) is 0 Å². The summed E-state index contributed by atoms with van der Waals surface area (Å²) >= 11 is 0. The van der Waals surface area contributed by atoms with Crippen LogP contribution in [0.1, 0.15) is 24.1 Å². The molecule has 1 aromatic carbocycles. The Morgan fingerprint density at radius 1 is 1.33 bits per heavy atom. The molecule has 0 spiro atoms. The molecule has 0 aliphatic heterocycles. The van der Waals surface area contributed by atoms with Gasteiger partial charge >= 0.3 is 0 Å². The van der Waals surface area contributed by atoms with E-state index in [0.717, 1.165) is 0 Å². The Bertz CT molecular complexity index is 295. The third-order valence-corrected chi connectivity index (χ3v) is 1.92. The van der Waals surface area contributed by atoms with Crippen molar-refractivity contribution < 1.29 is 10.2 Å². The van der Waals surface area contributed by atoms with Crippen LogP contribution in [0.25, 0.3) is 0 Å². The molecule has 1 aromatic rings. The van der Waals surface area contributed by atoms with Gasteiger partial charge in [0.05, 0.1) is 0 Å². The first-order valence-corrected chi connectivity index (χ1v) is 3.81. The molecule has 0 unspecified atom stereocenters. The van der Waals surface area contributed by atoms with E-state index in [1.807, 2.05) is 0 Å². The number of aromatic hydroxyl groups is 2. The van der Waals surface area contributed by atoms with Crippen molar-refractivity contribution in [2.24, 2.45) is 5.73 Å². The van der Waals surface area contributed by atoms with Gasteiger partial charge in [-0.1, -0.05) is 6.07 Å². The molecule has 0 saturated carbocycles. The fourth-order valence-electron chi connectivity index (χ4n) is 1.08. The van der Waals surface area contributed by atoms with E-state index in [1.165, 1.54) is 6.07 Å². The minimum Gasteiger partial charge on any atom is -0.508 e. The minimum absolute atomic E-state index is 0.0880. The van der Waals surface area contributed by atoms with Crippen molar-refractivity contribution >= 4 is 0 Å². The van der Waals surface area contributed by atoms with Crippen molar-refractivity contribution in [1.29, 1.82) is 0 Å². The maximum absolute atomic E-state index is 9.51. The quantitative estimate of drug-likeness (QED) is 0.592. The molecule has 4 N–H and O–H groups in total. The first kappa shape index (κ1) is 8.87. The van der Waals surface area contributed by atoms with E-state index in [2.05, 4.69) is 0 Å². The standard InChI is InChI=1S/C9H13NO2/c1-5-8(11)4-3-7(6(2)10)9(5)12/h3-4,6,11-12H,10H2,1-2H3/t6-/m1/s1. The fourth-order valence-corrected chi connectivity index (χ4v) is 1.08. The maximum atomic E-state index is 9.51. The molecular weight excluding hydrogens is 154 g/mol. The predicted molar refractivity (Wildman–Crippen MR) is 47.1 cm³/mol. The van der Waals surface area contributed by atoms with Crippen LogP contribution in [-0.2, 0) is 0 Å². The Morgan fingerprint density at radius 2 is 1.92 bits per heavy atom. The Hall–Kier alpha value is -1.22. The van der Waals surface area contributed by atoms with Crippen LogP contribution >= 0.6 is 0 Å². The highest BCUT2D eigenvalue weighted by Gasteiger charge is 2.10. The Morgan fingerprint density at radius 3 is 2.42 bits per heavy atom. The molecule has 66 valence electrons. The van der Waals surface area contributed by atoms with Crippen molar-refractivity contribution in [3.05, 3.63) is 23.3 Å². The van der Waals surface area contributed by atoms with Crippen LogP contribution in [0.4, 0.5) is 0 Å². The second kappa shape index (κ2) is 3.03. The summed E-state index contributed by atoms with van der Waals surface area (Å²) in [5.41, 5.74) is 6.73. The second-order valence-corrected chi connectivity index (χ2v) is 2.94. The SMILES string of the molecule is Cc1c(O)ccc([C@@H](C)N)c1O. The van der Waals surface area contributed by atoms with Gasteiger partial charge in [-0.3, -0.25) is 0 Å². The molecule has 0 saturated heterocycles. The average Bonchev–Trinajstić information content (AvgIpc) is 2.00. The Labute approximate surface area is 71.5 Å². The molecule has 0 amide bonds. The number of phenols is 2. The van der Waals surface area contributed by atoms with Crippen LogP contribution in [0.2, 0.25) is 0 Å². The molecular formula is C9H13NO2. The third kappa shape index (κ3) is 1.36. The van der Waals surface area contributed by atoms with E-state index in [0.29, 0.717) is 11.1 Å². The monoisotopic (exact) mass is 167 g/mol. The number of nitrogens with two attached hydrogens (primary N) is 1. The molecule has 0 aromatic heterocycles. The lowest BCUT2D eigenvalue weighted by Crippen LogP contribution is -2.05. The van der Waals surface area contributed by atoms with Gasteiger partial charge in [-0.15, -0.1) is 0 Å². The van der Waals surface area contributed by atoms with E-state index in [1.54, 1.807) is 19.9 Å². The van der Waals surface area contributed by atoms with Gasteiger partial charge in [0.1, 0.15) is 11.5 Å². The highest BCUT2D eigenvalue weighted by atomic mass is 16.3. The van der Waals surface area contributed by atoms with Gasteiger partial charge in [-0.05, 0) is 19.9 Å². The van der Waals surface area contributed by atoms with Gasteiger partial charge < -0.3 is 15.9 Å². The van der Waals surface area contributed by atoms with Crippen LogP contribution in [0.15, 0.2) is 12.1 Å². The van der Waals surface area contributed by atoms with Crippen LogP contribution in [0.3, 0.4) is 0 Å². The van der Waals surface area contributed by atoms with Gasteiger partial charge in [0.25, 0.3) is 0 Å². The van der Waals surface area contributed by atoms with Crippen molar-refractivity contribution in [2.45, 2.75) is 19.9 Å². The topological polar surface area (TPSA) is 66.5 Å². The Balaban J connectivity index is 3.27. The lowest BCUT2D eigenvalue weighted by atomic mass is 10.0. The highest BCUT2D eigenvalue weighted by molar-refractivity contribution is 5.48. The van der Waals surface area contributed by atoms with E-state index < -0.39 is 0 Å². The smallest absolute Gasteiger partial charge is 0.126 e. The summed E-state index contributed by atoms with van der Waals surface area (Å²) in [5, 5.41) is 18.7. The molecule has 0 bridgehead atoms. The molecule has 1 rings (SSSR count). The number of phenolic OH excluding ortho intramolecular Hbond substituents is 2.